The molecule has 1 amide bonds. The van der Waals surface area contributed by atoms with Crippen molar-refractivity contribution in [1.29, 1.82) is 0 Å². The zero-order valence-electron chi connectivity index (χ0n) is 14.3. The van der Waals surface area contributed by atoms with E-state index in [1.54, 1.807) is 6.20 Å². The number of hydrogen-bond acceptors (Lipinski definition) is 3. The van der Waals surface area contributed by atoms with Gasteiger partial charge in [0.25, 0.3) is 0 Å². The third-order valence-electron chi connectivity index (χ3n) is 5.11. The molecule has 0 spiro atoms. The van der Waals surface area contributed by atoms with Crippen LogP contribution < -0.4 is 11.1 Å². The first-order valence-electron chi connectivity index (χ1n) is 8.70. The van der Waals surface area contributed by atoms with Gasteiger partial charge in [0.1, 0.15) is 5.82 Å². The Morgan fingerprint density at radius 2 is 2.12 bits per heavy atom. The Bertz CT molecular complexity index is 701. The second-order valence-corrected chi connectivity index (χ2v) is 6.93. The topological polar surface area (TPSA) is 72.9 Å². The molecule has 5 nitrogen and oxygen atoms in total. The van der Waals surface area contributed by atoms with E-state index in [2.05, 4.69) is 10.3 Å². The Morgan fingerprint density at radius 3 is 2.79 bits per heavy atom. The number of carbonyl (C=O) groups is 1. The predicted molar refractivity (Wildman–Crippen MR) is 96.5 cm³/mol. The molecule has 0 radical (unpaired) electrons. The molecule has 1 aromatic carbocycles. The first-order valence-corrected chi connectivity index (χ1v) is 8.70. The number of carbonyl (C=O) groups excluding carboxylic acids is 1. The molecule has 1 fully saturated rings. The third-order valence-corrected chi connectivity index (χ3v) is 5.11. The van der Waals surface area contributed by atoms with Gasteiger partial charge in [0.05, 0.1) is 0 Å². The zero-order chi connectivity index (χ0) is 17.0. The van der Waals surface area contributed by atoms with Crippen LogP contribution in [-0.4, -0.2) is 22.0 Å². The van der Waals surface area contributed by atoms with Crippen LogP contribution in [0, 0.1) is 5.41 Å². The van der Waals surface area contributed by atoms with Crippen LogP contribution in [0.15, 0.2) is 36.7 Å². The third kappa shape index (κ3) is 3.67. The predicted octanol–water partition coefficient (Wildman–Crippen LogP) is 3.32. The zero-order valence-corrected chi connectivity index (χ0v) is 14.3. The second-order valence-electron chi connectivity index (χ2n) is 6.93. The fourth-order valence-corrected chi connectivity index (χ4v) is 3.68. The van der Waals surface area contributed by atoms with Crippen LogP contribution >= 0.6 is 0 Å². The average molecular weight is 326 g/mol. The molecule has 1 aliphatic carbocycles. The number of nitrogens with zero attached hydrogens (tertiary/aromatic N) is 2. The highest BCUT2D eigenvalue weighted by molar-refractivity contribution is 5.91. The van der Waals surface area contributed by atoms with Gasteiger partial charge in [-0.25, -0.2) is 4.98 Å². The summed E-state index contributed by atoms with van der Waals surface area (Å²) in [7, 11) is 1.96. The van der Waals surface area contributed by atoms with E-state index in [0.29, 0.717) is 13.0 Å². The van der Waals surface area contributed by atoms with E-state index in [1.807, 2.05) is 42.1 Å². The summed E-state index contributed by atoms with van der Waals surface area (Å²) < 4.78 is 1.96. The fourth-order valence-electron chi connectivity index (χ4n) is 3.68. The molecule has 3 rings (SSSR count). The van der Waals surface area contributed by atoms with Crippen molar-refractivity contribution >= 4 is 11.6 Å². The Labute approximate surface area is 143 Å². The number of nitrogens with one attached hydrogen (secondary N) is 1. The van der Waals surface area contributed by atoms with Gasteiger partial charge in [0.2, 0.25) is 5.91 Å². The Morgan fingerprint density at radius 1 is 1.33 bits per heavy atom. The number of anilines is 1. The van der Waals surface area contributed by atoms with E-state index in [0.717, 1.165) is 29.9 Å². The molecule has 2 aromatic rings. The van der Waals surface area contributed by atoms with Crippen molar-refractivity contribution in [2.75, 3.05) is 11.9 Å². The first kappa shape index (κ1) is 16.7. The fraction of sp³-hybridized carbons (Fsp3) is 0.474. The molecule has 0 aliphatic heterocycles. The van der Waals surface area contributed by atoms with E-state index in [9.17, 15) is 4.79 Å². The summed E-state index contributed by atoms with van der Waals surface area (Å²) in [4.78, 5) is 16.9. The standard InChI is InChI=1S/C19H26N4O/c1-23-11-10-21-18(23)15-6-5-7-16(12-15)22-17(24)13-19(14-20)8-3-2-4-9-19/h5-7,10-12H,2-4,8-9,13-14,20H2,1H3,(H,22,24). The van der Waals surface area contributed by atoms with Crippen molar-refractivity contribution in [2.45, 2.75) is 38.5 Å². The number of imidazole rings is 1. The lowest BCUT2D eigenvalue weighted by atomic mass is 9.71. The molecule has 1 aromatic heterocycles. The van der Waals surface area contributed by atoms with E-state index in [4.69, 9.17) is 5.73 Å². The minimum absolute atomic E-state index is 0.0143. The molecule has 128 valence electrons. The maximum Gasteiger partial charge on any atom is 0.224 e. The van der Waals surface area contributed by atoms with Crippen molar-refractivity contribution in [3.8, 4) is 11.4 Å². The van der Waals surface area contributed by atoms with Crippen molar-refractivity contribution in [3.05, 3.63) is 36.7 Å². The smallest absolute Gasteiger partial charge is 0.224 e. The van der Waals surface area contributed by atoms with Gasteiger partial charge in [-0.05, 0) is 36.9 Å². The Kier molecular flexibility index (Phi) is 5.00. The maximum atomic E-state index is 12.5. The van der Waals surface area contributed by atoms with Crippen LogP contribution in [0.1, 0.15) is 38.5 Å². The van der Waals surface area contributed by atoms with Crippen LogP contribution in [-0.2, 0) is 11.8 Å². The number of rotatable bonds is 5. The van der Waals surface area contributed by atoms with Crippen molar-refractivity contribution in [2.24, 2.45) is 18.2 Å². The minimum Gasteiger partial charge on any atom is -0.334 e. The number of hydrogen-bond donors (Lipinski definition) is 2. The summed E-state index contributed by atoms with van der Waals surface area (Å²) in [5, 5.41) is 3.04. The van der Waals surface area contributed by atoms with Gasteiger partial charge in [0.15, 0.2) is 0 Å². The SMILES string of the molecule is Cn1ccnc1-c1cccc(NC(=O)CC2(CN)CCCCC2)c1. The number of nitrogens with two attached hydrogens (primary N) is 1. The normalized spacial score (nSPS) is 16.8. The lowest BCUT2D eigenvalue weighted by molar-refractivity contribution is -0.118. The van der Waals surface area contributed by atoms with Crippen molar-refractivity contribution in [3.63, 3.8) is 0 Å². The molecule has 3 N–H and O–H groups in total. The lowest BCUT2D eigenvalue weighted by Crippen LogP contribution is -2.36. The van der Waals surface area contributed by atoms with Gasteiger partial charge in [-0.1, -0.05) is 31.4 Å². The van der Waals surface area contributed by atoms with E-state index < -0.39 is 0 Å². The summed E-state index contributed by atoms with van der Waals surface area (Å²) in [6.45, 7) is 0.591. The molecule has 1 heterocycles. The van der Waals surface area contributed by atoms with Gasteiger partial charge in [0, 0.05) is 37.1 Å². The van der Waals surface area contributed by atoms with E-state index in [1.165, 1.54) is 19.3 Å². The molecule has 0 unspecified atom stereocenters. The maximum absolute atomic E-state index is 12.5. The van der Waals surface area contributed by atoms with Gasteiger partial charge < -0.3 is 15.6 Å². The molecular formula is C19H26N4O. The van der Waals surface area contributed by atoms with Gasteiger partial charge >= 0.3 is 0 Å². The molecule has 1 saturated carbocycles. The highest BCUT2D eigenvalue weighted by Gasteiger charge is 2.32. The van der Waals surface area contributed by atoms with E-state index >= 15 is 0 Å². The molecule has 0 atom stereocenters. The molecule has 5 heteroatoms. The molecule has 24 heavy (non-hydrogen) atoms. The Balaban J connectivity index is 1.69. The Hall–Kier alpha value is -2.14. The van der Waals surface area contributed by atoms with E-state index in [-0.39, 0.29) is 11.3 Å². The summed E-state index contributed by atoms with van der Waals surface area (Å²) in [6.07, 6.45) is 9.93. The summed E-state index contributed by atoms with van der Waals surface area (Å²) >= 11 is 0. The van der Waals surface area contributed by atoms with Gasteiger partial charge in [-0.3, -0.25) is 4.79 Å². The molecule has 1 aliphatic rings. The number of aryl methyl sites for hydroxylation is 1. The largest absolute Gasteiger partial charge is 0.334 e. The molecular weight excluding hydrogens is 300 g/mol. The number of aromatic nitrogens is 2. The minimum atomic E-state index is -0.0143. The van der Waals surface area contributed by atoms with Crippen LogP contribution in [0.3, 0.4) is 0 Å². The summed E-state index contributed by atoms with van der Waals surface area (Å²) in [6, 6.07) is 7.83. The number of benzene rings is 1. The monoisotopic (exact) mass is 326 g/mol. The van der Waals surface area contributed by atoms with Crippen LogP contribution in [0.2, 0.25) is 0 Å². The van der Waals surface area contributed by atoms with Gasteiger partial charge in [-0.15, -0.1) is 0 Å². The van der Waals surface area contributed by atoms with Crippen LogP contribution in [0.4, 0.5) is 5.69 Å². The second kappa shape index (κ2) is 7.18. The molecule has 0 saturated heterocycles. The van der Waals surface area contributed by atoms with Crippen LogP contribution in [0.25, 0.3) is 11.4 Å². The summed E-state index contributed by atoms with van der Waals surface area (Å²) in [5.74, 6) is 0.941. The lowest BCUT2D eigenvalue weighted by Gasteiger charge is -2.35. The van der Waals surface area contributed by atoms with Crippen molar-refractivity contribution < 1.29 is 4.79 Å². The highest BCUT2D eigenvalue weighted by Crippen LogP contribution is 2.38. The number of amides is 1. The van der Waals surface area contributed by atoms with Crippen molar-refractivity contribution in [1.82, 2.24) is 9.55 Å². The van der Waals surface area contributed by atoms with Crippen LogP contribution in [0.5, 0.6) is 0 Å². The quantitative estimate of drug-likeness (QED) is 0.885. The highest BCUT2D eigenvalue weighted by atomic mass is 16.1. The summed E-state index contributed by atoms with van der Waals surface area (Å²) in [5.41, 5.74) is 7.78. The first-order chi connectivity index (χ1) is 11.6. The van der Waals surface area contributed by atoms with Gasteiger partial charge in [-0.2, -0.15) is 0 Å². The average Bonchev–Trinajstić information content (AvgIpc) is 3.02. The molecule has 0 bridgehead atoms.